The van der Waals surface area contributed by atoms with Gasteiger partial charge >= 0.3 is 5.91 Å². The predicted molar refractivity (Wildman–Crippen MR) is 130 cm³/mol. The van der Waals surface area contributed by atoms with Crippen molar-refractivity contribution in [2.45, 2.75) is 39.2 Å². The van der Waals surface area contributed by atoms with Gasteiger partial charge in [-0.25, -0.2) is 4.39 Å². The molecule has 0 saturated carbocycles. The maximum Gasteiger partial charge on any atom is 0.301 e. The fourth-order valence-electron chi connectivity index (χ4n) is 4.12. The van der Waals surface area contributed by atoms with E-state index in [-0.39, 0.29) is 17.0 Å². The van der Waals surface area contributed by atoms with E-state index in [2.05, 4.69) is 12.1 Å². The molecule has 1 aliphatic rings. The number of ether oxygens (including phenoxy) is 2. The van der Waals surface area contributed by atoms with Crippen LogP contribution in [0.2, 0.25) is 0 Å². The zero-order valence-corrected chi connectivity index (χ0v) is 20.3. The molecule has 188 valence electrons. The number of aliphatic hydroxyl groups is 1. The van der Waals surface area contributed by atoms with Crippen molar-refractivity contribution in [3.05, 3.63) is 76.8 Å². The number of carbonyl (C=O) groups is 2. The number of benzene rings is 2. The van der Waals surface area contributed by atoms with Crippen molar-refractivity contribution in [3.63, 3.8) is 0 Å². The van der Waals surface area contributed by atoms with Crippen LogP contribution < -0.4 is 14.4 Å². The Morgan fingerprint density at radius 1 is 1.11 bits per heavy atom. The number of carbonyl (C=O) groups excluding carboxylic acids is 2. The van der Waals surface area contributed by atoms with Crippen LogP contribution in [0.1, 0.15) is 49.1 Å². The van der Waals surface area contributed by atoms with Gasteiger partial charge in [0, 0.05) is 11.6 Å². The number of halogens is 1. The van der Waals surface area contributed by atoms with E-state index in [0.717, 1.165) is 31.4 Å². The van der Waals surface area contributed by atoms with Crippen molar-refractivity contribution in [2.75, 3.05) is 18.6 Å². The molecular formula is C27H27FN2O6. The van der Waals surface area contributed by atoms with E-state index in [1.165, 1.54) is 30.2 Å². The standard InChI is InChI=1S/C27H27FN2O6/c1-4-5-6-13-35-20-12-9-18(15-21(20)34-3)24-23(25(31)17-7-10-19(28)11-8-17)26(32)27(33)30(24)22-14-16(2)36-29-22/h7-12,14-15,24,31H,4-6,13H2,1-3H3/t24-/m0/s1. The summed E-state index contributed by atoms with van der Waals surface area (Å²) < 4.78 is 30.0. The molecule has 4 rings (SSSR count). The zero-order chi connectivity index (χ0) is 25.8. The molecule has 2 heterocycles. The third-order valence-electron chi connectivity index (χ3n) is 5.93. The summed E-state index contributed by atoms with van der Waals surface area (Å²) in [5.74, 6) is -1.22. The van der Waals surface area contributed by atoms with Gasteiger partial charge in [-0.2, -0.15) is 0 Å². The van der Waals surface area contributed by atoms with Crippen molar-refractivity contribution >= 4 is 23.3 Å². The normalized spacial score (nSPS) is 17.0. The number of rotatable bonds is 9. The minimum atomic E-state index is -1.04. The van der Waals surface area contributed by atoms with Gasteiger partial charge in [0.2, 0.25) is 0 Å². The second-order valence-electron chi connectivity index (χ2n) is 8.44. The van der Waals surface area contributed by atoms with Gasteiger partial charge < -0.3 is 19.1 Å². The molecule has 1 N–H and O–H groups in total. The minimum Gasteiger partial charge on any atom is -0.507 e. The largest absolute Gasteiger partial charge is 0.507 e. The van der Waals surface area contributed by atoms with Crippen molar-refractivity contribution in [3.8, 4) is 11.5 Å². The average molecular weight is 495 g/mol. The SMILES string of the molecule is CCCCCOc1ccc([C@H]2C(=C(O)c3ccc(F)cc3)C(=O)C(=O)N2c2cc(C)on2)cc1OC. The number of unbranched alkanes of at least 4 members (excludes halogenated alkanes) is 2. The van der Waals surface area contributed by atoms with E-state index in [1.807, 2.05) is 0 Å². The summed E-state index contributed by atoms with van der Waals surface area (Å²) in [6, 6.07) is 10.5. The Kier molecular flexibility index (Phi) is 7.38. The van der Waals surface area contributed by atoms with Crippen LogP contribution in [-0.2, 0) is 9.59 Å². The highest BCUT2D eigenvalue weighted by Gasteiger charge is 2.48. The van der Waals surface area contributed by atoms with Gasteiger partial charge in [0.25, 0.3) is 5.78 Å². The Labute approximate surface area is 207 Å². The molecule has 36 heavy (non-hydrogen) atoms. The third kappa shape index (κ3) is 4.82. The summed E-state index contributed by atoms with van der Waals surface area (Å²) in [5, 5.41) is 15.0. The molecule has 1 saturated heterocycles. The van der Waals surface area contributed by atoms with E-state index in [9.17, 15) is 19.1 Å². The second-order valence-corrected chi connectivity index (χ2v) is 8.44. The third-order valence-corrected chi connectivity index (χ3v) is 5.93. The van der Waals surface area contributed by atoms with Crippen LogP contribution in [0.15, 0.2) is 58.6 Å². The van der Waals surface area contributed by atoms with Gasteiger partial charge in [-0.3, -0.25) is 14.5 Å². The first-order chi connectivity index (χ1) is 17.3. The quantitative estimate of drug-likeness (QED) is 0.186. The van der Waals surface area contributed by atoms with Crippen molar-refractivity contribution in [1.29, 1.82) is 0 Å². The van der Waals surface area contributed by atoms with Gasteiger partial charge in [-0.1, -0.05) is 31.0 Å². The van der Waals surface area contributed by atoms with Gasteiger partial charge in [-0.15, -0.1) is 0 Å². The Balaban J connectivity index is 1.83. The van der Waals surface area contributed by atoms with Gasteiger partial charge in [0.15, 0.2) is 17.3 Å². The average Bonchev–Trinajstić information content (AvgIpc) is 3.42. The first-order valence-corrected chi connectivity index (χ1v) is 11.7. The number of ketones is 1. The summed E-state index contributed by atoms with van der Waals surface area (Å²) in [7, 11) is 1.49. The van der Waals surface area contributed by atoms with Crippen molar-refractivity contribution in [2.24, 2.45) is 0 Å². The smallest absolute Gasteiger partial charge is 0.301 e. The number of aromatic nitrogens is 1. The lowest BCUT2D eigenvalue weighted by Crippen LogP contribution is -2.29. The number of hydrogen-bond donors (Lipinski definition) is 1. The van der Waals surface area contributed by atoms with E-state index < -0.39 is 29.3 Å². The number of Topliss-reactive ketones (excluding diaryl/α,β-unsaturated/α-hetero) is 1. The highest BCUT2D eigenvalue weighted by atomic mass is 19.1. The highest BCUT2D eigenvalue weighted by Crippen LogP contribution is 2.44. The molecule has 1 atom stereocenters. The second kappa shape index (κ2) is 10.6. The number of anilines is 1. The van der Waals surface area contributed by atoms with Crippen LogP contribution in [-0.4, -0.2) is 35.7 Å². The van der Waals surface area contributed by atoms with Crippen LogP contribution in [0.3, 0.4) is 0 Å². The maximum absolute atomic E-state index is 13.5. The molecule has 0 aliphatic carbocycles. The molecule has 1 amide bonds. The topological polar surface area (TPSA) is 102 Å². The van der Waals surface area contributed by atoms with Gasteiger partial charge in [-0.05, 0) is 55.3 Å². The van der Waals surface area contributed by atoms with Crippen molar-refractivity contribution < 1.29 is 33.1 Å². The van der Waals surface area contributed by atoms with E-state index >= 15 is 0 Å². The van der Waals surface area contributed by atoms with Gasteiger partial charge in [0.1, 0.15) is 17.3 Å². The molecule has 8 nitrogen and oxygen atoms in total. The molecule has 9 heteroatoms. The monoisotopic (exact) mass is 494 g/mol. The number of aryl methyl sites for hydroxylation is 1. The number of hydrogen-bond acceptors (Lipinski definition) is 7. The molecule has 0 unspecified atom stereocenters. The fourth-order valence-corrected chi connectivity index (χ4v) is 4.12. The van der Waals surface area contributed by atoms with E-state index in [0.29, 0.717) is 29.4 Å². The Hall–Kier alpha value is -4.14. The number of amides is 1. The molecule has 1 fully saturated rings. The lowest BCUT2D eigenvalue weighted by Gasteiger charge is -2.23. The molecule has 0 spiro atoms. The summed E-state index contributed by atoms with van der Waals surface area (Å²) in [5.41, 5.74) is 0.515. The maximum atomic E-state index is 13.5. The predicted octanol–water partition coefficient (Wildman–Crippen LogP) is 5.33. The van der Waals surface area contributed by atoms with Crippen LogP contribution in [0.5, 0.6) is 11.5 Å². The molecule has 1 aromatic heterocycles. The van der Waals surface area contributed by atoms with E-state index in [4.69, 9.17) is 14.0 Å². The Morgan fingerprint density at radius 3 is 2.50 bits per heavy atom. The lowest BCUT2D eigenvalue weighted by molar-refractivity contribution is -0.132. The molecule has 3 aromatic rings. The van der Waals surface area contributed by atoms with Crippen LogP contribution in [0.4, 0.5) is 10.2 Å². The number of nitrogens with zero attached hydrogens (tertiary/aromatic N) is 2. The summed E-state index contributed by atoms with van der Waals surface area (Å²) in [6.45, 7) is 4.28. The molecule has 2 aromatic carbocycles. The first-order valence-electron chi connectivity index (χ1n) is 11.7. The summed E-state index contributed by atoms with van der Waals surface area (Å²) in [4.78, 5) is 27.5. The molecule has 0 radical (unpaired) electrons. The Morgan fingerprint density at radius 2 is 1.86 bits per heavy atom. The minimum absolute atomic E-state index is 0.122. The fraction of sp³-hybridized carbons (Fsp3) is 0.296. The lowest BCUT2D eigenvalue weighted by atomic mass is 9.95. The zero-order valence-electron chi connectivity index (χ0n) is 20.3. The van der Waals surface area contributed by atoms with Crippen molar-refractivity contribution in [1.82, 2.24) is 5.16 Å². The number of methoxy groups -OCH3 is 1. The van der Waals surface area contributed by atoms with Crippen LogP contribution in [0, 0.1) is 12.7 Å². The van der Waals surface area contributed by atoms with Crippen LogP contribution in [0.25, 0.3) is 5.76 Å². The van der Waals surface area contributed by atoms with E-state index in [1.54, 1.807) is 25.1 Å². The molecule has 1 aliphatic heterocycles. The number of aliphatic hydroxyl groups excluding tert-OH is 1. The first kappa shape index (κ1) is 25.0. The summed E-state index contributed by atoms with van der Waals surface area (Å²) >= 11 is 0. The summed E-state index contributed by atoms with van der Waals surface area (Å²) in [6.07, 6.45) is 2.99. The van der Waals surface area contributed by atoms with Gasteiger partial charge in [0.05, 0.1) is 25.3 Å². The molecule has 0 bridgehead atoms. The molecular weight excluding hydrogens is 467 g/mol. The van der Waals surface area contributed by atoms with Crippen LogP contribution >= 0.6 is 0 Å². The highest BCUT2D eigenvalue weighted by molar-refractivity contribution is 6.51. The Bertz CT molecular complexity index is 1300.